The van der Waals surface area contributed by atoms with Gasteiger partial charge in [0, 0.05) is 37.6 Å². The standard InChI is InChI=1S/C17H17N3O3/c1-19(2)15-10-8-14(9-11-15)18-17(21)12-7-13-5-3-4-6-16(13)20(22)23/h3-12H,1-2H3,(H,18,21)/b12-7+. The summed E-state index contributed by atoms with van der Waals surface area (Å²) in [6.45, 7) is 0. The number of benzene rings is 2. The van der Waals surface area contributed by atoms with E-state index in [1.54, 1.807) is 30.3 Å². The van der Waals surface area contributed by atoms with Gasteiger partial charge < -0.3 is 10.2 Å². The smallest absolute Gasteiger partial charge is 0.276 e. The van der Waals surface area contributed by atoms with Gasteiger partial charge in [-0.15, -0.1) is 0 Å². The van der Waals surface area contributed by atoms with E-state index in [0.29, 0.717) is 11.3 Å². The highest BCUT2D eigenvalue weighted by atomic mass is 16.6. The molecule has 2 aromatic carbocycles. The van der Waals surface area contributed by atoms with Gasteiger partial charge in [0.05, 0.1) is 10.5 Å². The molecule has 23 heavy (non-hydrogen) atoms. The number of nitrogens with one attached hydrogen (secondary N) is 1. The van der Waals surface area contributed by atoms with E-state index >= 15 is 0 Å². The molecule has 1 N–H and O–H groups in total. The summed E-state index contributed by atoms with van der Waals surface area (Å²) >= 11 is 0. The predicted molar refractivity (Wildman–Crippen MR) is 91.5 cm³/mol. The van der Waals surface area contributed by atoms with Crippen LogP contribution in [0.2, 0.25) is 0 Å². The molecule has 2 aromatic rings. The van der Waals surface area contributed by atoms with Crippen LogP contribution >= 0.6 is 0 Å². The second-order valence-electron chi connectivity index (χ2n) is 5.08. The van der Waals surface area contributed by atoms with E-state index in [9.17, 15) is 14.9 Å². The zero-order valence-electron chi connectivity index (χ0n) is 12.9. The van der Waals surface area contributed by atoms with Crippen LogP contribution in [0.3, 0.4) is 0 Å². The van der Waals surface area contributed by atoms with E-state index in [1.165, 1.54) is 18.2 Å². The van der Waals surface area contributed by atoms with Crippen LogP contribution in [0.15, 0.2) is 54.6 Å². The molecular formula is C17H17N3O3. The van der Waals surface area contributed by atoms with Crippen LogP contribution in [-0.2, 0) is 4.79 Å². The molecule has 0 fully saturated rings. The summed E-state index contributed by atoms with van der Waals surface area (Å²) in [6, 6.07) is 13.6. The van der Waals surface area contributed by atoms with Gasteiger partial charge in [0.1, 0.15) is 0 Å². The highest BCUT2D eigenvalue weighted by Crippen LogP contribution is 2.19. The number of para-hydroxylation sites is 1. The van der Waals surface area contributed by atoms with Crippen molar-refractivity contribution in [1.29, 1.82) is 0 Å². The zero-order chi connectivity index (χ0) is 16.8. The number of hydrogen-bond donors (Lipinski definition) is 1. The number of rotatable bonds is 5. The minimum Gasteiger partial charge on any atom is -0.378 e. The first-order valence-electron chi connectivity index (χ1n) is 6.97. The first-order valence-corrected chi connectivity index (χ1v) is 6.97. The van der Waals surface area contributed by atoms with Gasteiger partial charge in [-0.05, 0) is 36.4 Å². The molecule has 0 radical (unpaired) electrons. The molecule has 0 saturated carbocycles. The van der Waals surface area contributed by atoms with E-state index in [4.69, 9.17) is 0 Å². The van der Waals surface area contributed by atoms with Crippen molar-refractivity contribution in [2.24, 2.45) is 0 Å². The zero-order valence-corrected chi connectivity index (χ0v) is 12.9. The van der Waals surface area contributed by atoms with Gasteiger partial charge in [0.25, 0.3) is 5.69 Å². The van der Waals surface area contributed by atoms with Crippen molar-refractivity contribution in [3.63, 3.8) is 0 Å². The molecule has 0 heterocycles. The topological polar surface area (TPSA) is 75.5 Å². The summed E-state index contributed by atoms with van der Waals surface area (Å²) < 4.78 is 0. The van der Waals surface area contributed by atoms with Crippen molar-refractivity contribution in [2.75, 3.05) is 24.3 Å². The molecule has 0 unspecified atom stereocenters. The number of nitrogens with zero attached hydrogens (tertiary/aromatic N) is 2. The number of amides is 1. The van der Waals surface area contributed by atoms with Crippen LogP contribution in [0, 0.1) is 10.1 Å². The Kier molecular flexibility index (Phi) is 5.09. The molecule has 118 valence electrons. The number of nitro groups is 1. The Labute approximate surface area is 134 Å². The third-order valence-corrected chi connectivity index (χ3v) is 3.20. The Balaban J connectivity index is 2.06. The van der Waals surface area contributed by atoms with E-state index in [-0.39, 0.29) is 11.6 Å². The number of hydrogen-bond acceptors (Lipinski definition) is 4. The molecule has 0 aromatic heterocycles. The third-order valence-electron chi connectivity index (χ3n) is 3.20. The Morgan fingerprint density at radius 2 is 1.78 bits per heavy atom. The third kappa shape index (κ3) is 4.41. The molecular weight excluding hydrogens is 294 g/mol. The van der Waals surface area contributed by atoms with E-state index in [1.807, 2.05) is 31.1 Å². The van der Waals surface area contributed by atoms with E-state index in [0.717, 1.165) is 5.69 Å². The lowest BCUT2D eigenvalue weighted by molar-refractivity contribution is -0.385. The Hall–Kier alpha value is -3.15. The molecule has 0 aliphatic heterocycles. The molecule has 6 nitrogen and oxygen atoms in total. The number of carbonyl (C=O) groups is 1. The summed E-state index contributed by atoms with van der Waals surface area (Å²) in [6.07, 6.45) is 2.71. The summed E-state index contributed by atoms with van der Waals surface area (Å²) in [5.41, 5.74) is 2.04. The lowest BCUT2D eigenvalue weighted by Gasteiger charge is -2.12. The SMILES string of the molecule is CN(C)c1ccc(NC(=O)/C=C/c2ccccc2[N+](=O)[O-])cc1. The van der Waals surface area contributed by atoms with Gasteiger partial charge in [-0.2, -0.15) is 0 Å². The number of anilines is 2. The number of nitro benzene ring substituents is 1. The monoisotopic (exact) mass is 311 g/mol. The fraction of sp³-hybridized carbons (Fsp3) is 0.118. The molecule has 0 saturated heterocycles. The quantitative estimate of drug-likeness (QED) is 0.522. The number of carbonyl (C=O) groups excluding carboxylic acids is 1. The van der Waals surface area contributed by atoms with Gasteiger partial charge >= 0.3 is 0 Å². The summed E-state index contributed by atoms with van der Waals surface area (Å²) in [7, 11) is 3.87. The van der Waals surface area contributed by atoms with Crippen LogP contribution in [-0.4, -0.2) is 24.9 Å². The van der Waals surface area contributed by atoms with Crippen molar-refractivity contribution in [2.45, 2.75) is 0 Å². The fourth-order valence-corrected chi connectivity index (χ4v) is 1.99. The fourth-order valence-electron chi connectivity index (χ4n) is 1.99. The maximum atomic E-state index is 11.9. The van der Waals surface area contributed by atoms with E-state index in [2.05, 4.69) is 5.32 Å². The molecule has 2 rings (SSSR count). The molecule has 0 bridgehead atoms. The van der Waals surface area contributed by atoms with Crippen molar-refractivity contribution in [3.05, 3.63) is 70.3 Å². The van der Waals surface area contributed by atoms with Gasteiger partial charge in [-0.1, -0.05) is 12.1 Å². The molecule has 0 atom stereocenters. The van der Waals surface area contributed by atoms with Crippen LogP contribution in [0.5, 0.6) is 0 Å². The average Bonchev–Trinajstić information content (AvgIpc) is 2.53. The Morgan fingerprint density at radius 3 is 2.39 bits per heavy atom. The predicted octanol–water partition coefficient (Wildman–Crippen LogP) is 3.31. The van der Waals surface area contributed by atoms with Crippen molar-refractivity contribution in [1.82, 2.24) is 0 Å². The van der Waals surface area contributed by atoms with Crippen molar-refractivity contribution < 1.29 is 9.72 Å². The minimum atomic E-state index is -0.475. The van der Waals surface area contributed by atoms with Gasteiger partial charge in [0.15, 0.2) is 0 Å². The van der Waals surface area contributed by atoms with Crippen LogP contribution in [0.1, 0.15) is 5.56 Å². The van der Waals surface area contributed by atoms with Gasteiger partial charge in [-0.25, -0.2) is 0 Å². The molecule has 6 heteroatoms. The second kappa shape index (κ2) is 7.22. The maximum absolute atomic E-state index is 11.9. The largest absolute Gasteiger partial charge is 0.378 e. The Morgan fingerprint density at radius 1 is 1.13 bits per heavy atom. The summed E-state index contributed by atoms with van der Waals surface area (Å²) in [5.74, 6) is -0.347. The Bertz CT molecular complexity index is 737. The van der Waals surface area contributed by atoms with Gasteiger partial charge in [0.2, 0.25) is 5.91 Å². The lowest BCUT2D eigenvalue weighted by atomic mass is 10.1. The lowest BCUT2D eigenvalue weighted by Crippen LogP contribution is -2.10. The maximum Gasteiger partial charge on any atom is 0.276 e. The van der Waals surface area contributed by atoms with Crippen LogP contribution < -0.4 is 10.2 Å². The highest BCUT2D eigenvalue weighted by Gasteiger charge is 2.09. The van der Waals surface area contributed by atoms with Crippen molar-refractivity contribution in [3.8, 4) is 0 Å². The van der Waals surface area contributed by atoms with Crippen LogP contribution in [0.25, 0.3) is 6.08 Å². The summed E-state index contributed by atoms with van der Waals surface area (Å²) in [5, 5.41) is 13.6. The highest BCUT2D eigenvalue weighted by molar-refractivity contribution is 6.02. The van der Waals surface area contributed by atoms with E-state index < -0.39 is 4.92 Å². The molecule has 0 spiro atoms. The summed E-state index contributed by atoms with van der Waals surface area (Å²) in [4.78, 5) is 24.3. The van der Waals surface area contributed by atoms with Gasteiger partial charge in [-0.3, -0.25) is 14.9 Å². The average molecular weight is 311 g/mol. The second-order valence-corrected chi connectivity index (χ2v) is 5.08. The van der Waals surface area contributed by atoms with Crippen LogP contribution in [0.4, 0.5) is 17.1 Å². The molecule has 0 aliphatic carbocycles. The normalized spacial score (nSPS) is 10.5. The first-order chi connectivity index (χ1) is 11.0. The first kappa shape index (κ1) is 16.2. The molecule has 1 amide bonds. The molecule has 0 aliphatic rings. The van der Waals surface area contributed by atoms with Crippen molar-refractivity contribution >= 4 is 29.0 Å². The minimum absolute atomic E-state index is 0.0353.